The molecule has 4 aromatic carbocycles. The summed E-state index contributed by atoms with van der Waals surface area (Å²) in [7, 11) is 0. The zero-order valence-electron chi connectivity index (χ0n) is 26.6. The fourth-order valence-electron chi connectivity index (χ4n) is 6.16. The molecule has 0 bridgehead atoms. The minimum atomic E-state index is 0.0697. The number of benzene rings is 4. The monoisotopic (exact) mass is 629 g/mol. The maximum atomic E-state index is 13.2. The van der Waals surface area contributed by atoms with Crippen LogP contribution in [0.5, 0.6) is 5.75 Å². The molecule has 0 unspecified atom stereocenters. The van der Waals surface area contributed by atoms with E-state index in [0.29, 0.717) is 24.8 Å². The third-order valence-corrected chi connectivity index (χ3v) is 9.75. The van der Waals surface area contributed by atoms with Crippen molar-refractivity contribution in [1.29, 1.82) is 0 Å². The van der Waals surface area contributed by atoms with Crippen molar-refractivity contribution in [2.75, 3.05) is 19.6 Å². The minimum absolute atomic E-state index is 0.0697. The van der Waals surface area contributed by atoms with Gasteiger partial charge in [-0.2, -0.15) is 0 Å². The molecule has 1 aliphatic rings. The van der Waals surface area contributed by atoms with Crippen molar-refractivity contribution in [3.05, 3.63) is 154 Å². The molecule has 6 heteroatoms. The molecule has 236 valence electrons. The van der Waals surface area contributed by atoms with E-state index in [4.69, 9.17) is 9.72 Å². The number of aromatic nitrogens is 1. The van der Waals surface area contributed by atoms with Crippen LogP contribution >= 0.6 is 11.3 Å². The van der Waals surface area contributed by atoms with Gasteiger partial charge >= 0.3 is 0 Å². The largest absolute Gasteiger partial charge is 0.489 e. The molecule has 0 aliphatic carbocycles. The van der Waals surface area contributed by atoms with Gasteiger partial charge in [-0.05, 0) is 66.1 Å². The SMILES string of the molecule is CC1CCN(C(=O)c2csc(CN(CCC(c3ccccc3)c3ccccc3)Cc3ccc(OCc4ccccc4)cc3)n2)CC1. The molecule has 1 aliphatic heterocycles. The molecule has 0 radical (unpaired) electrons. The van der Waals surface area contributed by atoms with Crippen LogP contribution in [-0.2, 0) is 19.7 Å². The average Bonchev–Trinajstić information content (AvgIpc) is 3.58. The molecule has 5 nitrogen and oxygen atoms in total. The first kappa shape index (κ1) is 31.7. The standard InChI is InChI=1S/C40H43N3O2S/c1-31-21-25-43(26-22-31)40(44)38-30-46-39(41-38)28-42(24-23-37(34-13-7-3-8-14-34)35-15-9-4-10-16-35)27-32-17-19-36(20-18-32)45-29-33-11-5-2-6-12-33/h2-20,30-31,37H,21-29H2,1H3. The quantitative estimate of drug-likeness (QED) is 0.131. The molecule has 1 aromatic heterocycles. The number of likely N-dealkylation sites (tertiary alicyclic amines) is 1. The third kappa shape index (κ3) is 8.71. The van der Waals surface area contributed by atoms with E-state index < -0.39 is 0 Å². The number of carbonyl (C=O) groups is 1. The highest BCUT2D eigenvalue weighted by Gasteiger charge is 2.24. The Morgan fingerprint density at radius 1 is 0.826 bits per heavy atom. The van der Waals surface area contributed by atoms with E-state index in [1.165, 1.54) is 16.7 Å². The van der Waals surface area contributed by atoms with Gasteiger partial charge in [-0.1, -0.05) is 110 Å². The van der Waals surface area contributed by atoms with Crippen LogP contribution in [0.1, 0.15) is 69.9 Å². The highest BCUT2D eigenvalue weighted by Crippen LogP contribution is 2.29. The van der Waals surface area contributed by atoms with E-state index in [1.54, 1.807) is 11.3 Å². The van der Waals surface area contributed by atoms with Gasteiger partial charge in [0.2, 0.25) is 0 Å². The maximum absolute atomic E-state index is 13.2. The van der Waals surface area contributed by atoms with Gasteiger partial charge in [0.05, 0.1) is 6.54 Å². The Morgan fingerprint density at radius 3 is 2.07 bits per heavy atom. The summed E-state index contributed by atoms with van der Waals surface area (Å²) in [5.74, 6) is 1.90. The predicted octanol–water partition coefficient (Wildman–Crippen LogP) is 8.82. The van der Waals surface area contributed by atoms with Gasteiger partial charge in [-0.3, -0.25) is 9.69 Å². The highest BCUT2D eigenvalue weighted by molar-refractivity contribution is 7.09. The zero-order valence-corrected chi connectivity index (χ0v) is 27.4. The molecule has 0 atom stereocenters. The van der Waals surface area contributed by atoms with Gasteiger partial charge in [0, 0.05) is 30.9 Å². The Balaban J connectivity index is 1.17. The van der Waals surface area contributed by atoms with Crippen LogP contribution < -0.4 is 4.74 Å². The predicted molar refractivity (Wildman–Crippen MR) is 187 cm³/mol. The molecule has 0 N–H and O–H groups in total. The third-order valence-electron chi connectivity index (χ3n) is 8.92. The lowest BCUT2D eigenvalue weighted by Gasteiger charge is -2.29. The summed E-state index contributed by atoms with van der Waals surface area (Å²) in [5, 5.41) is 2.93. The second-order valence-electron chi connectivity index (χ2n) is 12.4. The number of ether oxygens (including phenoxy) is 1. The highest BCUT2D eigenvalue weighted by atomic mass is 32.1. The molecular formula is C40H43N3O2S. The van der Waals surface area contributed by atoms with Crippen LogP contribution in [0.3, 0.4) is 0 Å². The van der Waals surface area contributed by atoms with Gasteiger partial charge in [0.15, 0.2) is 0 Å². The van der Waals surface area contributed by atoms with Crippen LogP contribution in [0, 0.1) is 5.92 Å². The molecule has 1 saturated heterocycles. The second-order valence-corrected chi connectivity index (χ2v) is 13.3. The van der Waals surface area contributed by atoms with Crippen LogP contribution in [-0.4, -0.2) is 40.3 Å². The van der Waals surface area contributed by atoms with Crippen LogP contribution in [0.25, 0.3) is 0 Å². The lowest BCUT2D eigenvalue weighted by molar-refractivity contribution is 0.0691. The van der Waals surface area contributed by atoms with Gasteiger partial charge in [0.25, 0.3) is 5.91 Å². The summed E-state index contributed by atoms with van der Waals surface area (Å²) >= 11 is 1.59. The smallest absolute Gasteiger partial charge is 0.273 e. The second kappa shape index (κ2) is 15.8. The number of rotatable bonds is 13. The molecule has 46 heavy (non-hydrogen) atoms. The Kier molecular flexibility index (Phi) is 10.9. The van der Waals surface area contributed by atoms with Crippen LogP contribution in [0.2, 0.25) is 0 Å². The van der Waals surface area contributed by atoms with E-state index in [9.17, 15) is 4.79 Å². The van der Waals surface area contributed by atoms with Crippen molar-refractivity contribution < 1.29 is 9.53 Å². The molecule has 6 rings (SSSR count). The molecular weight excluding hydrogens is 587 g/mol. The fourth-order valence-corrected chi connectivity index (χ4v) is 6.97. The van der Waals surface area contributed by atoms with Crippen molar-refractivity contribution in [2.45, 2.75) is 51.8 Å². The Hall–Kier alpha value is -4.26. The summed E-state index contributed by atoms with van der Waals surface area (Å²) in [5.41, 5.74) is 5.61. The molecule has 5 aromatic rings. The summed E-state index contributed by atoms with van der Waals surface area (Å²) in [6.07, 6.45) is 3.10. The van der Waals surface area contributed by atoms with Crippen molar-refractivity contribution >= 4 is 17.2 Å². The van der Waals surface area contributed by atoms with Crippen molar-refractivity contribution in [3.63, 3.8) is 0 Å². The summed E-state index contributed by atoms with van der Waals surface area (Å²) in [6.45, 7) is 6.82. The number of amides is 1. The van der Waals surface area contributed by atoms with Gasteiger partial charge in [0.1, 0.15) is 23.1 Å². The Morgan fingerprint density at radius 2 is 1.43 bits per heavy atom. The minimum Gasteiger partial charge on any atom is -0.489 e. The van der Waals surface area contributed by atoms with Crippen LogP contribution in [0.4, 0.5) is 0 Å². The van der Waals surface area contributed by atoms with Gasteiger partial charge < -0.3 is 9.64 Å². The molecule has 0 spiro atoms. The van der Waals surface area contributed by atoms with E-state index in [0.717, 1.165) is 61.8 Å². The summed E-state index contributed by atoms with van der Waals surface area (Å²) in [4.78, 5) is 22.5. The van der Waals surface area contributed by atoms with E-state index in [-0.39, 0.29) is 11.8 Å². The maximum Gasteiger partial charge on any atom is 0.273 e. The van der Waals surface area contributed by atoms with E-state index in [2.05, 4.69) is 109 Å². The number of carbonyl (C=O) groups excluding carboxylic acids is 1. The summed E-state index contributed by atoms with van der Waals surface area (Å²) in [6, 6.07) is 40.3. The van der Waals surface area contributed by atoms with E-state index in [1.807, 2.05) is 28.5 Å². The van der Waals surface area contributed by atoms with Crippen molar-refractivity contribution in [2.24, 2.45) is 5.92 Å². The number of hydrogen-bond donors (Lipinski definition) is 0. The Labute approximate surface area is 277 Å². The van der Waals surface area contributed by atoms with Crippen molar-refractivity contribution in [1.82, 2.24) is 14.8 Å². The summed E-state index contributed by atoms with van der Waals surface area (Å²) < 4.78 is 6.05. The fraction of sp³-hybridized carbons (Fsp3) is 0.300. The number of thiazole rings is 1. The number of piperidine rings is 1. The normalized spacial score (nSPS) is 13.8. The zero-order chi connectivity index (χ0) is 31.6. The first-order chi connectivity index (χ1) is 22.6. The Bertz CT molecular complexity index is 1590. The van der Waals surface area contributed by atoms with Crippen molar-refractivity contribution in [3.8, 4) is 5.75 Å². The van der Waals surface area contributed by atoms with Gasteiger partial charge in [-0.25, -0.2) is 4.98 Å². The van der Waals surface area contributed by atoms with E-state index >= 15 is 0 Å². The molecule has 1 fully saturated rings. The van der Waals surface area contributed by atoms with Gasteiger partial charge in [-0.15, -0.1) is 11.3 Å². The molecule has 2 heterocycles. The topological polar surface area (TPSA) is 45.7 Å². The number of nitrogens with zero attached hydrogens (tertiary/aromatic N) is 3. The first-order valence-corrected chi connectivity index (χ1v) is 17.3. The molecule has 0 saturated carbocycles. The lowest BCUT2D eigenvalue weighted by Crippen LogP contribution is -2.38. The van der Waals surface area contributed by atoms with Crippen LogP contribution in [0.15, 0.2) is 121 Å². The number of hydrogen-bond acceptors (Lipinski definition) is 5. The average molecular weight is 630 g/mol. The lowest BCUT2D eigenvalue weighted by atomic mass is 9.88. The molecule has 1 amide bonds. The first-order valence-electron chi connectivity index (χ1n) is 16.4.